The van der Waals surface area contributed by atoms with E-state index in [0.29, 0.717) is 11.8 Å². The van der Waals surface area contributed by atoms with Gasteiger partial charge in [0.25, 0.3) is 0 Å². The highest BCUT2D eigenvalue weighted by Crippen LogP contribution is 2.27. The van der Waals surface area contributed by atoms with Gasteiger partial charge in [0.2, 0.25) is 5.91 Å². The van der Waals surface area contributed by atoms with Crippen molar-refractivity contribution >= 4 is 28.6 Å². The molecule has 1 aromatic carbocycles. The zero-order valence-corrected chi connectivity index (χ0v) is 14.6. The Labute approximate surface area is 141 Å². The van der Waals surface area contributed by atoms with Gasteiger partial charge in [-0.15, -0.1) is 0 Å². The fourth-order valence-electron chi connectivity index (χ4n) is 3.17. The first-order chi connectivity index (χ1) is 11.1. The highest BCUT2D eigenvalue weighted by Gasteiger charge is 2.22. The highest BCUT2D eigenvalue weighted by atomic mass is 32.2. The van der Waals surface area contributed by atoms with Gasteiger partial charge in [0.05, 0.1) is 11.3 Å². The van der Waals surface area contributed by atoms with Gasteiger partial charge in [0, 0.05) is 18.5 Å². The smallest absolute Gasteiger partial charge is 0.232 e. The normalized spacial score (nSPS) is 15.7. The van der Waals surface area contributed by atoms with Gasteiger partial charge in [-0.3, -0.25) is 4.79 Å². The Bertz CT molecular complexity index is 698. The summed E-state index contributed by atoms with van der Waals surface area (Å²) in [6, 6.07) is 8.39. The van der Waals surface area contributed by atoms with Gasteiger partial charge in [-0.1, -0.05) is 49.2 Å². The second-order valence-corrected chi connectivity index (χ2v) is 7.14. The summed E-state index contributed by atoms with van der Waals surface area (Å²) >= 11 is 1.52. The monoisotopic (exact) mass is 329 g/mol. The Balaban J connectivity index is 1.69. The van der Waals surface area contributed by atoms with E-state index in [1.165, 1.54) is 31.0 Å². The van der Waals surface area contributed by atoms with E-state index in [9.17, 15) is 4.79 Å². The van der Waals surface area contributed by atoms with Crippen LogP contribution in [0.5, 0.6) is 0 Å². The number of carbonyl (C=O) groups is 1. The maximum Gasteiger partial charge on any atom is 0.232 e. The molecule has 3 rings (SSSR count). The number of hydrogen-bond donors (Lipinski definition) is 0. The van der Waals surface area contributed by atoms with Crippen LogP contribution in [0.4, 0.5) is 0 Å². The SMILES string of the molecule is Cc1nc(SCC(=O)N(C)C2CCCCC2)c2ccccc2n1. The van der Waals surface area contributed by atoms with Crippen LogP contribution in [-0.2, 0) is 4.79 Å². The summed E-state index contributed by atoms with van der Waals surface area (Å²) in [5.74, 6) is 1.38. The quantitative estimate of drug-likeness (QED) is 0.632. The number of aryl methyl sites for hydroxylation is 1. The van der Waals surface area contributed by atoms with Crippen LogP contribution in [0.25, 0.3) is 10.9 Å². The van der Waals surface area contributed by atoms with Crippen molar-refractivity contribution in [3.63, 3.8) is 0 Å². The molecule has 122 valence electrons. The van der Waals surface area contributed by atoms with Crippen LogP contribution >= 0.6 is 11.8 Å². The predicted octanol–water partition coefficient (Wildman–Crippen LogP) is 3.82. The summed E-state index contributed by atoms with van der Waals surface area (Å²) in [5, 5.41) is 1.93. The van der Waals surface area contributed by atoms with Crippen LogP contribution in [0.3, 0.4) is 0 Å². The number of benzene rings is 1. The van der Waals surface area contributed by atoms with Gasteiger partial charge in [0.1, 0.15) is 10.9 Å². The number of nitrogens with zero attached hydrogens (tertiary/aromatic N) is 3. The Morgan fingerprint density at radius 3 is 2.74 bits per heavy atom. The van der Waals surface area contributed by atoms with Crippen LogP contribution in [0.2, 0.25) is 0 Å². The van der Waals surface area contributed by atoms with E-state index in [1.54, 1.807) is 0 Å². The number of amides is 1. The third-order valence-corrected chi connectivity index (χ3v) is 5.50. The van der Waals surface area contributed by atoms with Gasteiger partial charge >= 0.3 is 0 Å². The number of rotatable bonds is 4. The first-order valence-electron chi connectivity index (χ1n) is 8.27. The van der Waals surface area contributed by atoms with Crippen molar-refractivity contribution in [3.8, 4) is 0 Å². The first-order valence-corrected chi connectivity index (χ1v) is 9.25. The van der Waals surface area contributed by atoms with Crippen molar-refractivity contribution in [2.75, 3.05) is 12.8 Å². The molecular formula is C18H23N3OS. The van der Waals surface area contributed by atoms with E-state index < -0.39 is 0 Å². The van der Waals surface area contributed by atoms with Crippen LogP contribution in [-0.4, -0.2) is 39.6 Å². The molecule has 5 heteroatoms. The number of fused-ring (bicyclic) bond motifs is 1. The number of carbonyl (C=O) groups excluding carboxylic acids is 1. The van der Waals surface area contributed by atoms with E-state index >= 15 is 0 Å². The number of thioether (sulfide) groups is 1. The van der Waals surface area contributed by atoms with E-state index in [4.69, 9.17) is 0 Å². The topological polar surface area (TPSA) is 46.1 Å². The van der Waals surface area contributed by atoms with Crippen LogP contribution in [0, 0.1) is 6.92 Å². The molecule has 0 atom stereocenters. The molecule has 0 saturated heterocycles. The number of aromatic nitrogens is 2. The van der Waals surface area contributed by atoms with Crippen LogP contribution < -0.4 is 0 Å². The lowest BCUT2D eigenvalue weighted by atomic mass is 9.94. The zero-order valence-electron chi connectivity index (χ0n) is 13.8. The zero-order chi connectivity index (χ0) is 16.2. The van der Waals surface area contributed by atoms with Crippen molar-refractivity contribution in [1.29, 1.82) is 0 Å². The largest absolute Gasteiger partial charge is 0.342 e. The molecule has 1 aliphatic carbocycles. The molecule has 0 unspecified atom stereocenters. The first kappa shape index (κ1) is 16.2. The summed E-state index contributed by atoms with van der Waals surface area (Å²) < 4.78 is 0. The Kier molecular flexibility index (Phi) is 5.16. The summed E-state index contributed by atoms with van der Waals surface area (Å²) in [5.41, 5.74) is 0.940. The lowest BCUT2D eigenvalue weighted by Crippen LogP contribution is -2.39. The van der Waals surface area contributed by atoms with Crippen LogP contribution in [0.1, 0.15) is 37.9 Å². The lowest BCUT2D eigenvalue weighted by Gasteiger charge is -2.31. The molecule has 1 aliphatic rings. The standard InChI is InChI=1S/C18H23N3OS/c1-13-19-16-11-7-6-10-15(16)18(20-13)23-12-17(22)21(2)14-8-4-3-5-9-14/h6-7,10-11,14H,3-5,8-9,12H2,1-2H3. The molecule has 1 amide bonds. The fourth-order valence-corrected chi connectivity index (χ4v) is 4.16. The average molecular weight is 329 g/mol. The fraction of sp³-hybridized carbons (Fsp3) is 0.500. The van der Waals surface area contributed by atoms with Crippen molar-refractivity contribution in [1.82, 2.24) is 14.9 Å². The third kappa shape index (κ3) is 3.83. The lowest BCUT2D eigenvalue weighted by molar-refractivity contribution is -0.129. The molecule has 0 spiro atoms. The summed E-state index contributed by atoms with van der Waals surface area (Å²) in [6.07, 6.45) is 6.07. The minimum absolute atomic E-state index is 0.197. The Hall–Kier alpha value is -1.62. The molecule has 23 heavy (non-hydrogen) atoms. The molecule has 1 fully saturated rings. The van der Waals surface area contributed by atoms with Crippen molar-refractivity contribution in [2.45, 2.75) is 50.1 Å². The molecule has 0 aliphatic heterocycles. The van der Waals surface area contributed by atoms with E-state index in [0.717, 1.165) is 34.6 Å². The predicted molar refractivity (Wildman–Crippen MR) is 94.6 cm³/mol. The second kappa shape index (κ2) is 7.30. The minimum Gasteiger partial charge on any atom is -0.342 e. The maximum absolute atomic E-state index is 12.5. The summed E-state index contributed by atoms with van der Waals surface area (Å²) in [7, 11) is 1.95. The van der Waals surface area contributed by atoms with E-state index in [2.05, 4.69) is 9.97 Å². The molecule has 0 radical (unpaired) electrons. The molecular weight excluding hydrogens is 306 g/mol. The minimum atomic E-state index is 0.197. The third-order valence-electron chi connectivity index (χ3n) is 4.53. The Morgan fingerprint density at radius 1 is 1.22 bits per heavy atom. The van der Waals surface area contributed by atoms with Gasteiger partial charge < -0.3 is 4.90 Å². The molecule has 0 bridgehead atoms. The van der Waals surface area contributed by atoms with Gasteiger partial charge in [0.15, 0.2) is 0 Å². The number of para-hydroxylation sites is 1. The molecule has 1 saturated carbocycles. The molecule has 4 nitrogen and oxygen atoms in total. The highest BCUT2D eigenvalue weighted by molar-refractivity contribution is 8.00. The second-order valence-electron chi connectivity index (χ2n) is 6.18. The molecule has 2 aromatic rings. The average Bonchev–Trinajstić information content (AvgIpc) is 2.59. The summed E-state index contributed by atoms with van der Waals surface area (Å²) in [6.45, 7) is 1.90. The van der Waals surface area contributed by atoms with Gasteiger partial charge in [-0.05, 0) is 25.8 Å². The van der Waals surface area contributed by atoms with Gasteiger partial charge in [-0.25, -0.2) is 9.97 Å². The van der Waals surface area contributed by atoms with E-state index in [1.807, 2.05) is 43.1 Å². The number of hydrogen-bond acceptors (Lipinski definition) is 4. The van der Waals surface area contributed by atoms with Crippen molar-refractivity contribution < 1.29 is 4.79 Å². The molecule has 1 aromatic heterocycles. The maximum atomic E-state index is 12.5. The molecule has 1 heterocycles. The summed E-state index contributed by atoms with van der Waals surface area (Å²) in [4.78, 5) is 23.4. The van der Waals surface area contributed by atoms with E-state index in [-0.39, 0.29) is 5.91 Å². The van der Waals surface area contributed by atoms with Crippen molar-refractivity contribution in [2.24, 2.45) is 0 Å². The van der Waals surface area contributed by atoms with Crippen molar-refractivity contribution in [3.05, 3.63) is 30.1 Å². The molecule has 0 N–H and O–H groups in total. The van der Waals surface area contributed by atoms with Gasteiger partial charge in [-0.2, -0.15) is 0 Å². The Morgan fingerprint density at radius 2 is 1.96 bits per heavy atom. The van der Waals surface area contributed by atoms with Crippen LogP contribution in [0.15, 0.2) is 29.3 Å².